The SMILES string of the molecule is COCCN1CC[C@H](C(=O)NC2CCN(Cc3cccc(O)c3)CC2)C1. The molecule has 1 amide bonds. The molecule has 0 spiro atoms. The van der Waals surface area contributed by atoms with Crippen molar-refractivity contribution < 1.29 is 14.6 Å². The van der Waals surface area contributed by atoms with E-state index in [0.717, 1.165) is 70.7 Å². The molecule has 2 saturated heterocycles. The molecule has 2 aliphatic rings. The monoisotopic (exact) mass is 361 g/mol. The number of ether oxygens (including phenoxy) is 1. The highest BCUT2D eigenvalue weighted by Gasteiger charge is 2.30. The number of aromatic hydroxyl groups is 1. The van der Waals surface area contributed by atoms with Gasteiger partial charge in [0, 0.05) is 45.9 Å². The molecule has 2 aliphatic heterocycles. The molecule has 1 aromatic carbocycles. The number of hydrogen-bond donors (Lipinski definition) is 2. The van der Waals surface area contributed by atoms with E-state index in [2.05, 4.69) is 15.1 Å². The molecule has 26 heavy (non-hydrogen) atoms. The Morgan fingerprint density at radius 1 is 1.23 bits per heavy atom. The quantitative estimate of drug-likeness (QED) is 0.769. The molecule has 3 rings (SSSR count). The highest BCUT2D eigenvalue weighted by Crippen LogP contribution is 2.19. The van der Waals surface area contributed by atoms with Gasteiger partial charge in [0.25, 0.3) is 0 Å². The second kappa shape index (κ2) is 9.35. The van der Waals surface area contributed by atoms with Gasteiger partial charge in [-0.3, -0.25) is 9.69 Å². The largest absolute Gasteiger partial charge is 0.508 e. The molecule has 6 nitrogen and oxygen atoms in total. The number of phenolic OH excluding ortho intramolecular Hbond substituents is 1. The second-order valence-corrected chi connectivity index (χ2v) is 7.51. The Morgan fingerprint density at radius 3 is 2.73 bits per heavy atom. The minimum Gasteiger partial charge on any atom is -0.508 e. The Labute approximate surface area is 156 Å². The van der Waals surface area contributed by atoms with E-state index in [9.17, 15) is 9.90 Å². The average Bonchev–Trinajstić information content (AvgIpc) is 3.11. The predicted molar refractivity (Wildman–Crippen MR) is 101 cm³/mol. The average molecular weight is 361 g/mol. The zero-order chi connectivity index (χ0) is 18.4. The van der Waals surface area contributed by atoms with Crippen LogP contribution < -0.4 is 5.32 Å². The molecule has 0 aromatic heterocycles. The second-order valence-electron chi connectivity index (χ2n) is 7.51. The maximum atomic E-state index is 12.5. The molecule has 2 N–H and O–H groups in total. The van der Waals surface area contributed by atoms with Crippen LogP contribution in [0.4, 0.5) is 0 Å². The van der Waals surface area contributed by atoms with E-state index < -0.39 is 0 Å². The Bertz CT molecular complexity index is 587. The lowest BCUT2D eigenvalue weighted by molar-refractivity contribution is -0.125. The van der Waals surface area contributed by atoms with Crippen molar-refractivity contribution in [2.24, 2.45) is 5.92 Å². The van der Waals surface area contributed by atoms with Gasteiger partial charge in [-0.25, -0.2) is 0 Å². The van der Waals surface area contributed by atoms with E-state index in [-0.39, 0.29) is 17.9 Å². The summed E-state index contributed by atoms with van der Waals surface area (Å²) in [5, 5.41) is 12.8. The van der Waals surface area contributed by atoms with Crippen molar-refractivity contribution in [3.63, 3.8) is 0 Å². The van der Waals surface area contributed by atoms with Crippen LogP contribution in [0.5, 0.6) is 5.75 Å². The third-order valence-electron chi connectivity index (χ3n) is 5.51. The van der Waals surface area contributed by atoms with Crippen LogP contribution >= 0.6 is 0 Å². The van der Waals surface area contributed by atoms with Crippen LogP contribution in [-0.2, 0) is 16.1 Å². The van der Waals surface area contributed by atoms with Gasteiger partial charge in [0.2, 0.25) is 5.91 Å². The summed E-state index contributed by atoms with van der Waals surface area (Å²) in [6.07, 6.45) is 2.93. The van der Waals surface area contributed by atoms with Crippen molar-refractivity contribution in [3.8, 4) is 5.75 Å². The van der Waals surface area contributed by atoms with Gasteiger partial charge in [-0.15, -0.1) is 0 Å². The molecule has 0 unspecified atom stereocenters. The van der Waals surface area contributed by atoms with Crippen LogP contribution in [0.3, 0.4) is 0 Å². The van der Waals surface area contributed by atoms with Gasteiger partial charge in [-0.2, -0.15) is 0 Å². The molecule has 0 aliphatic carbocycles. The van der Waals surface area contributed by atoms with Gasteiger partial charge < -0.3 is 20.1 Å². The van der Waals surface area contributed by atoms with E-state index in [1.54, 1.807) is 13.2 Å². The molecular weight excluding hydrogens is 330 g/mol. The number of nitrogens with zero attached hydrogens (tertiary/aromatic N) is 2. The highest BCUT2D eigenvalue weighted by atomic mass is 16.5. The fourth-order valence-electron chi connectivity index (χ4n) is 3.94. The number of benzene rings is 1. The third kappa shape index (κ3) is 5.43. The van der Waals surface area contributed by atoms with Crippen molar-refractivity contribution >= 4 is 5.91 Å². The first-order valence-electron chi connectivity index (χ1n) is 9.66. The Balaban J connectivity index is 1.38. The van der Waals surface area contributed by atoms with Crippen LogP contribution in [0, 0.1) is 5.92 Å². The normalized spacial score (nSPS) is 22.6. The third-order valence-corrected chi connectivity index (χ3v) is 5.51. The predicted octanol–water partition coefficient (Wildman–Crippen LogP) is 1.44. The van der Waals surface area contributed by atoms with Crippen LogP contribution in [-0.4, -0.2) is 73.3 Å². The summed E-state index contributed by atoms with van der Waals surface area (Å²) >= 11 is 0. The van der Waals surface area contributed by atoms with E-state index in [4.69, 9.17) is 4.74 Å². The standard InChI is InChI=1S/C20H31N3O3/c1-26-12-11-23-8-5-17(15-23)20(25)21-18-6-9-22(10-7-18)14-16-3-2-4-19(24)13-16/h2-4,13,17-18,24H,5-12,14-15H2,1H3,(H,21,25)/t17-/m0/s1. The van der Waals surface area contributed by atoms with Gasteiger partial charge in [0.05, 0.1) is 12.5 Å². The van der Waals surface area contributed by atoms with Crippen molar-refractivity contribution in [2.75, 3.05) is 46.4 Å². The minimum atomic E-state index is 0.122. The highest BCUT2D eigenvalue weighted by molar-refractivity contribution is 5.79. The molecule has 1 aromatic rings. The summed E-state index contributed by atoms with van der Waals surface area (Å²) in [7, 11) is 1.72. The lowest BCUT2D eigenvalue weighted by Crippen LogP contribution is -2.46. The molecule has 0 radical (unpaired) electrons. The number of likely N-dealkylation sites (tertiary alicyclic amines) is 2. The minimum absolute atomic E-state index is 0.122. The van der Waals surface area contributed by atoms with Gasteiger partial charge in [-0.05, 0) is 43.5 Å². The van der Waals surface area contributed by atoms with Crippen molar-refractivity contribution in [2.45, 2.75) is 31.8 Å². The first kappa shape index (κ1) is 19.1. The number of nitrogens with one attached hydrogen (secondary N) is 1. The number of amides is 1. The van der Waals surface area contributed by atoms with Crippen LogP contribution in [0.1, 0.15) is 24.8 Å². The first-order valence-corrected chi connectivity index (χ1v) is 9.66. The van der Waals surface area contributed by atoms with Gasteiger partial charge in [0.15, 0.2) is 0 Å². The number of piperidine rings is 1. The molecule has 6 heteroatoms. The van der Waals surface area contributed by atoms with Gasteiger partial charge >= 0.3 is 0 Å². The fourth-order valence-corrected chi connectivity index (χ4v) is 3.94. The summed E-state index contributed by atoms with van der Waals surface area (Å²) in [5.41, 5.74) is 1.13. The molecule has 144 valence electrons. The topological polar surface area (TPSA) is 65.0 Å². The van der Waals surface area contributed by atoms with E-state index in [0.29, 0.717) is 5.75 Å². The van der Waals surface area contributed by atoms with Crippen LogP contribution in [0.2, 0.25) is 0 Å². The van der Waals surface area contributed by atoms with Gasteiger partial charge in [-0.1, -0.05) is 12.1 Å². The van der Waals surface area contributed by atoms with Crippen molar-refractivity contribution in [3.05, 3.63) is 29.8 Å². The van der Waals surface area contributed by atoms with Crippen molar-refractivity contribution in [1.29, 1.82) is 0 Å². The van der Waals surface area contributed by atoms with Crippen molar-refractivity contribution in [1.82, 2.24) is 15.1 Å². The summed E-state index contributed by atoms with van der Waals surface area (Å²) in [4.78, 5) is 17.2. The number of carbonyl (C=O) groups excluding carboxylic acids is 1. The molecular formula is C20H31N3O3. The first-order chi connectivity index (χ1) is 12.6. The number of hydrogen-bond acceptors (Lipinski definition) is 5. The fraction of sp³-hybridized carbons (Fsp3) is 0.650. The Kier molecular flexibility index (Phi) is 6.88. The molecule has 0 bridgehead atoms. The van der Waals surface area contributed by atoms with Crippen LogP contribution in [0.25, 0.3) is 0 Å². The maximum absolute atomic E-state index is 12.5. The maximum Gasteiger partial charge on any atom is 0.224 e. The number of methoxy groups -OCH3 is 1. The zero-order valence-corrected chi connectivity index (χ0v) is 15.7. The van der Waals surface area contributed by atoms with Gasteiger partial charge in [0.1, 0.15) is 5.75 Å². The van der Waals surface area contributed by atoms with E-state index in [1.165, 1.54) is 0 Å². The summed E-state index contributed by atoms with van der Waals surface area (Å²) in [5.74, 6) is 0.661. The van der Waals surface area contributed by atoms with Crippen LogP contribution in [0.15, 0.2) is 24.3 Å². The molecule has 2 fully saturated rings. The smallest absolute Gasteiger partial charge is 0.224 e. The zero-order valence-electron chi connectivity index (χ0n) is 15.7. The number of carbonyl (C=O) groups is 1. The lowest BCUT2D eigenvalue weighted by atomic mass is 10.0. The summed E-state index contributed by atoms with van der Waals surface area (Å²) < 4.78 is 5.12. The summed E-state index contributed by atoms with van der Waals surface area (Å²) in [6.45, 7) is 6.29. The lowest BCUT2D eigenvalue weighted by Gasteiger charge is -2.33. The Morgan fingerprint density at radius 2 is 2.00 bits per heavy atom. The van der Waals surface area contributed by atoms with E-state index in [1.807, 2.05) is 18.2 Å². The molecule has 0 saturated carbocycles. The number of phenols is 1. The van der Waals surface area contributed by atoms with E-state index >= 15 is 0 Å². The Hall–Kier alpha value is -1.63. The number of rotatable bonds is 7. The molecule has 2 heterocycles. The summed E-state index contributed by atoms with van der Waals surface area (Å²) in [6, 6.07) is 7.74. The molecule has 1 atom stereocenters.